The van der Waals surface area contributed by atoms with E-state index in [-0.39, 0.29) is 0 Å². The molecule has 0 aliphatic heterocycles. The van der Waals surface area contributed by atoms with E-state index in [1.54, 1.807) is 0 Å². The van der Waals surface area contributed by atoms with Crippen LogP contribution in [0.4, 0.5) is 0 Å². The molecule has 0 bridgehead atoms. The molecule has 0 aromatic carbocycles. The first kappa shape index (κ1) is 23.4. The molecular formula is C20H30Cl2Zr. The normalized spacial score (nSPS) is 14.3. The molecule has 0 saturated heterocycles. The van der Waals surface area contributed by atoms with Crippen LogP contribution in [0.1, 0.15) is 78.1 Å². The summed E-state index contributed by atoms with van der Waals surface area (Å²) in [5.41, 5.74) is 2.99. The standard InChI is InChI=1S/2C10H15.2ClH.Zr/c2*1-2-3-4-7-10-8-5-6-9-10;;;/h2*8-9H,2-5,7H2,1H3;2*1H;/q2*-1;;;+4/p-2. The van der Waals surface area contributed by atoms with Crippen molar-refractivity contribution in [1.82, 2.24) is 0 Å². The Kier molecular flexibility index (Phi) is 19.1. The molecule has 0 fully saturated rings. The topological polar surface area (TPSA) is 0 Å². The zero-order valence-corrected chi connectivity index (χ0v) is 18.6. The van der Waals surface area contributed by atoms with Gasteiger partial charge in [-0.3, -0.25) is 12.2 Å². The van der Waals surface area contributed by atoms with E-state index < -0.39 is 20.8 Å². The van der Waals surface area contributed by atoms with Gasteiger partial charge in [0.1, 0.15) is 0 Å². The first-order valence-electron chi connectivity index (χ1n) is 8.75. The van der Waals surface area contributed by atoms with E-state index in [0.29, 0.717) is 0 Å². The summed E-state index contributed by atoms with van der Waals surface area (Å²) in [7, 11) is 9.87. The Bertz CT molecular complexity index is 345. The van der Waals surface area contributed by atoms with Crippen LogP contribution < -0.4 is 0 Å². The van der Waals surface area contributed by atoms with Crippen molar-refractivity contribution in [1.29, 1.82) is 0 Å². The van der Waals surface area contributed by atoms with Crippen molar-refractivity contribution in [3.05, 3.63) is 47.6 Å². The molecule has 0 amide bonds. The third-order valence-electron chi connectivity index (χ3n) is 3.68. The molecule has 0 atom stereocenters. The summed E-state index contributed by atoms with van der Waals surface area (Å²) >= 11 is -0.826. The van der Waals surface area contributed by atoms with E-state index in [1.807, 2.05) is 0 Å². The predicted octanol–water partition coefficient (Wildman–Crippen LogP) is 7.89. The Balaban J connectivity index is 0.000000360. The Morgan fingerprint density at radius 2 is 1.22 bits per heavy atom. The quantitative estimate of drug-likeness (QED) is 0.270. The molecule has 0 saturated carbocycles. The third kappa shape index (κ3) is 15.7. The molecule has 0 spiro atoms. The fourth-order valence-electron chi connectivity index (χ4n) is 2.38. The molecule has 0 aromatic rings. The Labute approximate surface area is 162 Å². The van der Waals surface area contributed by atoms with Crippen LogP contribution in [-0.4, -0.2) is 0 Å². The number of unbranched alkanes of at least 4 members (excludes halogenated alkanes) is 4. The fourth-order valence-corrected chi connectivity index (χ4v) is 2.38. The van der Waals surface area contributed by atoms with Crippen molar-refractivity contribution in [2.24, 2.45) is 0 Å². The van der Waals surface area contributed by atoms with Crippen LogP contribution in [0.15, 0.2) is 35.5 Å². The van der Waals surface area contributed by atoms with E-state index in [9.17, 15) is 0 Å². The number of allylic oxidation sites excluding steroid dienone is 8. The number of halogens is 2. The van der Waals surface area contributed by atoms with Gasteiger partial charge in [0.2, 0.25) is 0 Å². The van der Waals surface area contributed by atoms with Gasteiger partial charge in [-0.2, -0.15) is 12.2 Å². The molecule has 0 heterocycles. The van der Waals surface area contributed by atoms with Crippen LogP contribution in [0.2, 0.25) is 0 Å². The summed E-state index contributed by atoms with van der Waals surface area (Å²) < 4.78 is 0. The van der Waals surface area contributed by atoms with Gasteiger partial charge in [0.05, 0.1) is 0 Å². The number of rotatable bonds is 8. The van der Waals surface area contributed by atoms with Gasteiger partial charge in [-0.05, 0) is 0 Å². The Morgan fingerprint density at radius 3 is 1.48 bits per heavy atom. The van der Waals surface area contributed by atoms with Crippen molar-refractivity contribution in [2.45, 2.75) is 78.1 Å². The average molecular weight is 433 g/mol. The zero-order valence-electron chi connectivity index (χ0n) is 14.6. The first-order chi connectivity index (χ1) is 11.3. The molecule has 0 N–H and O–H groups in total. The van der Waals surface area contributed by atoms with Gasteiger partial charge in [0, 0.05) is 0 Å². The Morgan fingerprint density at radius 1 is 0.826 bits per heavy atom. The maximum absolute atomic E-state index is 4.93. The van der Waals surface area contributed by atoms with Gasteiger partial charge in [0.15, 0.2) is 0 Å². The SMILES string of the molecule is CCCCCC1=CC[C-]=C1.CCCCCC1=CC[C-]=C1.[Cl][Zr+2][Cl]. The number of hydrogen-bond donors (Lipinski definition) is 0. The minimum absolute atomic E-state index is 0.826. The maximum atomic E-state index is 4.93. The molecule has 3 heteroatoms. The van der Waals surface area contributed by atoms with Crippen LogP contribution in [0, 0.1) is 12.2 Å². The van der Waals surface area contributed by atoms with Crippen molar-refractivity contribution in [3.63, 3.8) is 0 Å². The van der Waals surface area contributed by atoms with Crippen molar-refractivity contribution < 1.29 is 20.8 Å². The van der Waals surface area contributed by atoms with Gasteiger partial charge < -0.3 is 0 Å². The van der Waals surface area contributed by atoms with Gasteiger partial charge in [0.25, 0.3) is 0 Å². The molecule has 0 radical (unpaired) electrons. The zero-order chi connectivity index (χ0) is 17.2. The summed E-state index contributed by atoms with van der Waals surface area (Å²) in [6, 6.07) is 0. The van der Waals surface area contributed by atoms with E-state index in [2.05, 4.69) is 50.3 Å². The molecule has 0 aromatic heterocycles. The number of hydrogen-bond acceptors (Lipinski definition) is 0. The molecule has 0 unspecified atom stereocenters. The second-order valence-electron chi connectivity index (χ2n) is 5.65. The molecule has 23 heavy (non-hydrogen) atoms. The van der Waals surface area contributed by atoms with Crippen LogP contribution in [0.5, 0.6) is 0 Å². The molecule has 128 valence electrons. The summed E-state index contributed by atoms with van der Waals surface area (Å²) in [4.78, 5) is 0. The molecule has 2 aliphatic rings. The summed E-state index contributed by atoms with van der Waals surface area (Å²) in [5, 5.41) is 0. The van der Waals surface area contributed by atoms with Crippen LogP contribution in [0.3, 0.4) is 0 Å². The Hall–Kier alpha value is 0.423. The molecule has 2 rings (SSSR count). The fraction of sp³-hybridized carbons (Fsp3) is 0.600. The average Bonchev–Trinajstić information content (AvgIpc) is 3.23. The minimum atomic E-state index is -0.826. The third-order valence-corrected chi connectivity index (χ3v) is 3.68. The molecule has 0 nitrogen and oxygen atoms in total. The predicted molar refractivity (Wildman–Crippen MR) is 101 cm³/mol. The van der Waals surface area contributed by atoms with Crippen molar-refractivity contribution in [2.75, 3.05) is 0 Å². The van der Waals surface area contributed by atoms with Gasteiger partial charge >= 0.3 is 37.9 Å². The molecular weight excluding hydrogens is 402 g/mol. The second kappa shape index (κ2) is 18.8. The van der Waals surface area contributed by atoms with E-state index in [0.717, 1.165) is 12.8 Å². The van der Waals surface area contributed by atoms with Crippen LogP contribution >= 0.6 is 17.0 Å². The van der Waals surface area contributed by atoms with E-state index in [1.165, 1.54) is 62.5 Å². The summed E-state index contributed by atoms with van der Waals surface area (Å²) in [5.74, 6) is 0. The van der Waals surface area contributed by atoms with Gasteiger partial charge in [-0.15, -0.1) is 12.8 Å². The van der Waals surface area contributed by atoms with Crippen LogP contribution in [-0.2, 0) is 20.8 Å². The summed E-state index contributed by atoms with van der Waals surface area (Å²) in [6.07, 6.45) is 27.9. The monoisotopic (exact) mass is 430 g/mol. The van der Waals surface area contributed by atoms with Gasteiger partial charge in [-0.1, -0.05) is 65.2 Å². The van der Waals surface area contributed by atoms with E-state index >= 15 is 0 Å². The first-order valence-corrected chi connectivity index (χ1v) is 15.1. The molecule has 2 aliphatic carbocycles. The second-order valence-corrected chi connectivity index (χ2v) is 9.38. The van der Waals surface area contributed by atoms with Crippen molar-refractivity contribution >= 4 is 17.0 Å². The van der Waals surface area contributed by atoms with Crippen LogP contribution in [0.25, 0.3) is 0 Å². The summed E-state index contributed by atoms with van der Waals surface area (Å²) in [6.45, 7) is 4.48. The van der Waals surface area contributed by atoms with Crippen molar-refractivity contribution in [3.8, 4) is 0 Å². The van der Waals surface area contributed by atoms with Gasteiger partial charge in [-0.25, -0.2) is 23.3 Å². The van der Waals surface area contributed by atoms with E-state index in [4.69, 9.17) is 17.0 Å².